The quantitative estimate of drug-likeness (QED) is 0.943. The predicted octanol–water partition coefficient (Wildman–Crippen LogP) is 2.54. The topological polar surface area (TPSA) is 58.4 Å². The molecule has 21 heavy (non-hydrogen) atoms. The molecule has 112 valence electrons. The highest BCUT2D eigenvalue weighted by atomic mass is 32.1. The van der Waals surface area contributed by atoms with Crippen LogP contribution < -0.4 is 5.32 Å². The van der Waals surface area contributed by atoms with Crippen LogP contribution in [0.4, 0.5) is 0 Å². The van der Waals surface area contributed by atoms with Crippen molar-refractivity contribution in [2.45, 2.75) is 25.8 Å². The molecular formula is C15H19N3O2S. The highest BCUT2D eigenvalue weighted by Crippen LogP contribution is 2.25. The maximum Gasteiger partial charge on any atom is 0.273 e. The summed E-state index contributed by atoms with van der Waals surface area (Å²) in [7, 11) is 2.10. The average molecular weight is 305 g/mol. The van der Waals surface area contributed by atoms with E-state index < -0.39 is 0 Å². The predicted molar refractivity (Wildman–Crippen MR) is 82.5 cm³/mol. The molecule has 0 saturated carbocycles. The lowest BCUT2D eigenvalue weighted by Gasteiger charge is -2.19. The molecule has 1 fully saturated rings. The highest BCUT2D eigenvalue weighted by molar-refractivity contribution is 7.13. The second-order valence-electron chi connectivity index (χ2n) is 5.39. The summed E-state index contributed by atoms with van der Waals surface area (Å²) >= 11 is 1.55. The van der Waals surface area contributed by atoms with Gasteiger partial charge in [0.05, 0.1) is 4.88 Å². The minimum atomic E-state index is -0.153. The van der Waals surface area contributed by atoms with E-state index in [9.17, 15) is 4.79 Å². The molecule has 0 radical (unpaired) electrons. The number of likely N-dealkylation sites (N-methyl/N-ethyl adjacent to an activating group) is 1. The minimum Gasteiger partial charge on any atom is -0.440 e. The lowest BCUT2D eigenvalue weighted by atomic mass is 10.2. The van der Waals surface area contributed by atoms with Crippen LogP contribution >= 0.6 is 11.3 Å². The van der Waals surface area contributed by atoms with Crippen LogP contribution in [0.25, 0.3) is 10.8 Å². The Hall–Kier alpha value is -1.66. The van der Waals surface area contributed by atoms with E-state index in [1.54, 1.807) is 18.3 Å². The largest absolute Gasteiger partial charge is 0.440 e. The molecule has 3 heterocycles. The second kappa shape index (κ2) is 5.99. The third kappa shape index (κ3) is 3.01. The number of aromatic nitrogens is 1. The molecule has 0 spiro atoms. The molecule has 1 atom stereocenters. The number of oxazole rings is 1. The van der Waals surface area contributed by atoms with Gasteiger partial charge in [-0.3, -0.25) is 4.79 Å². The van der Waals surface area contributed by atoms with E-state index in [1.807, 2.05) is 17.5 Å². The number of aryl methyl sites for hydroxylation is 1. The van der Waals surface area contributed by atoms with Crippen molar-refractivity contribution in [3.63, 3.8) is 0 Å². The van der Waals surface area contributed by atoms with Crippen LogP contribution in [0.2, 0.25) is 0 Å². The number of nitrogens with one attached hydrogen (secondary N) is 1. The molecule has 2 aromatic heterocycles. The van der Waals surface area contributed by atoms with Crippen LogP contribution in [0, 0.1) is 6.92 Å². The molecule has 1 aliphatic heterocycles. The number of amides is 1. The summed E-state index contributed by atoms with van der Waals surface area (Å²) in [5, 5.41) is 4.93. The van der Waals surface area contributed by atoms with Crippen molar-refractivity contribution in [3.8, 4) is 10.8 Å². The third-order valence-corrected chi connectivity index (χ3v) is 4.77. The molecule has 1 amide bonds. The second-order valence-corrected chi connectivity index (χ2v) is 6.34. The number of carbonyl (C=O) groups excluding carboxylic acids is 1. The molecule has 5 nitrogen and oxygen atoms in total. The van der Waals surface area contributed by atoms with Gasteiger partial charge in [0.15, 0.2) is 5.69 Å². The van der Waals surface area contributed by atoms with E-state index in [0.29, 0.717) is 29.9 Å². The minimum absolute atomic E-state index is 0.153. The number of thiophene rings is 1. The van der Waals surface area contributed by atoms with E-state index in [1.165, 1.54) is 6.42 Å². The SMILES string of the molecule is Cc1oc(-c2cccs2)nc1C(=O)NCC1CCCN1C. The maximum atomic E-state index is 12.3. The molecule has 1 N–H and O–H groups in total. The van der Waals surface area contributed by atoms with Gasteiger partial charge in [-0.1, -0.05) is 6.07 Å². The third-order valence-electron chi connectivity index (χ3n) is 3.91. The van der Waals surface area contributed by atoms with Crippen molar-refractivity contribution in [1.29, 1.82) is 0 Å². The number of hydrogen-bond donors (Lipinski definition) is 1. The molecule has 6 heteroatoms. The Bertz CT molecular complexity index is 621. The summed E-state index contributed by atoms with van der Waals surface area (Å²) < 4.78 is 5.60. The van der Waals surface area contributed by atoms with E-state index in [0.717, 1.165) is 17.8 Å². The highest BCUT2D eigenvalue weighted by Gasteiger charge is 2.23. The first-order valence-corrected chi connectivity index (χ1v) is 8.03. The van der Waals surface area contributed by atoms with Crippen LogP contribution in [0.3, 0.4) is 0 Å². The monoisotopic (exact) mass is 305 g/mol. The average Bonchev–Trinajstić information content (AvgIpc) is 3.16. The zero-order valence-corrected chi connectivity index (χ0v) is 13.1. The van der Waals surface area contributed by atoms with Crippen LogP contribution in [0.5, 0.6) is 0 Å². The summed E-state index contributed by atoms with van der Waals surface area (Å²) in [5.41, 5.74) is 0.388. The molecule has 2 aromatic rings. The number of nitrogens with zero attached hydrogens (tertiary/aromatic N) is 2. The van der Waals surface area contributed by atoms with Crippen LogP contribution in [0.1, 0.15) is 29.1 Å². The van der Waals surface area contributed by atoms with E-state index >= 15 is 0 Å². The zero-order chi connectivity index (χ0) is 14.8. The molecular weight excluding hydrogens is 286 g/mol. The van der Waals surface area contributed by atoms with Crippen molar-refractivity contribution in [2.24, 2.45) is 0 Å². The van der Waals surface area contributed by atoms with Crippen molar-refractivity contribution in [2.75, 3.05) is 20.1 Å². The normalized spacial score (nSPS) is 19.0. The molecule has 1 unspecified atom stereocenters. The summed E-state index contributed by atoms with van der Waals surface area (Å²) in [6.07, 6.45) is 2.33. The molecule has 1 aliphatic rings. The van der Waals surface area contributed by atoms with E-state index in [2.05, 4.69) is 22.2 Å². The fourth-order valence-electron chi connectivity index (χ4n) is 2.64. The zero-order valence-electron chi connectivity index (χ0n) is 12.3. The Morgan fingerprint density at radius 2 is 2.48 bits per heavy atom. The Kier molecular flexibility index (Phi) is 4.07. The molecule has 0 bridgehead atoms. The van der Waals surface area contributed by atoms with Crippen molar-refractivity contribution < 1.29 is 9.21 Å². The Balaban J connectivity index is 1.67. The Morgan fingerprint density at radius 3 is 3.14 bits per heavy atom. The summed E-state index contributed by atoms with van der Waals surface area (Å²) in [5.74, 6) is 0.931. The van der Waals surface area contributed by atoms with Gasteiger partial charge >= 0.3 is 0 Å². The van der Waals surface area contributed by atoms with Gasteiger partial charge < -0.3 is 14.6 Å². The van der Waals surface area contributed by atoms with Gasteiger partial charge in [-0.15, -0.1) is 11.3 Å². The number of rotatable bonds is 4. The lowest BCUT2D eigenvalue weighted by Crippen LogP contribution is -2.38. The Labute approximate surface area is 128 Å². The first-order chi connectivity index (χ1) is 10.1. The van der Waals surface area contributed by atoms with Gasteiger partial charge in [0.25, 0.3) is 5.91 Å². The van der Waals surface area contributed by atoms with Crippen LogP contribution in [-0.2, 0) is 0 Å². The van der Waals surface area contributed by atoms with Gasteiger partial charge in [-0.25, -0.2) is 4.98 Å². The van der Waals surface area contributed by atoms with Gasteiger partial charge in [-0.2, -0.15) is 0 Å². The number of carbonyl (C=O) groups is 1. The first kappa shape index (κ1) is 14.3. The molecule has 0 aliphatic carbocycles. The summed E-state index contributed by atoms with van der Waals surface area (Å²) in [6, 6.07) is 4.30. The van der Waals surface area contributed by atoms with E-state index in [4.69, 9.17) is 4.42 Å². The van der Waals surface area contributed by atoms with Crippen molar-refractivity contribution >= 4 is 17.2 Å². The fourth-order valence-corrected chi connectivity index (χ4v) is 3.29. The van der Waals surface area contributed by atoms with Gasteiger partial charge in [-0.05, 0) is 44.8 Å². The summed E-state index contributed by atoms with van der Waals surface area (Å²) in [6.45, 7) is 3.54. The standard InChI is InChI=1S/C15H19N3O2S/c1-10-13(17-15(20-10)12-6-4-8-21-12)14(19)16-9-11-5-3-7-18(11)2/h4,6,8,11H,3,5,7,9H2,1-2H3,(H,16,19). The Morgan fingerprint density at radius 1 is 1.62 bits per heavy atom. The fraction of sp³-hybridized carbons (Fsp3) is 0.467. The van der Waals surface area contributed by atoms with E-state index in [-0.39, 0.29) is 5.91 Å². The van der Waals surface area contributed by atoms with Gasteiger partial charge in [0.2, 0.25) is 5.89 Å². The molecule has 1 saturated heterocycles. The molecule has 0 aromatic carbocycles. The maximum absolute atomic E-state index is 12.3. The van der Waals surface area contributed by atoms with Crippen molar-refractivity contribution in [3.05, 3.63) is 29.0 Å². The van der Waals surface area contributed by atoms with Gasteiger partial charge in [0, 0.05) is 12.6 Å². The summed E-state index contributed by atoms with van der Waals surface area (Å²) in [4.78, 5) is 19.8. The van der Waals surface area contributed by atoms with Crippen LogP contribution in [0.15, 0.2) is 21.9 Å². The number of likely N-dealkylation sites (tertiary alicyclic amines) is 1. The first-order valence-electron chi connectivity index (χ1n) is 7.15. The van der Waals surface area contributed by atoms with Crippen LogP contribution in [-0.4, -0.2) is 42.0 Å². The molecule has 3 rings (SSSR count). The van der Waals surface area contributed by atoms with Crippen molar-refractivity contribution in [1.82, 2.24) is 15.2 Å². The lowest BCUT2D eigenvalue weighted by molar-refractivity contribution is 0.0938. The number of hydrogen-bond acceptors (Lipinski definition) is 5. The smallest absolute Gasteiger partial charge is 0.273 e. The van der Waals surface area contributed by atoms with Gasteiger partial charge in [0.1, 0.15) is 5.76 Å².